The van der Waals surface area contributed by atoms with Crippen LogP contribution < -0.4 is 10.6 Å². The molecule has 1 aromatic heterocycles. The Hall–Kier alpha value is -1.81. The number of aromatic nitrogens is 1. The third-order valence-corrected chi connectivity index (χ3v) is 4.48. The molecule has 0 amide bonds. The molecular weight excluding hydrogens is 538 g/mol. The molecule has 30 heavy (non-hydrogen) atoms. The molecule has 0 aliphatic rings. The van der Waals surface area contributed by atoms with Crippen molar-refractivity contribution >= 4 is 53.1 Å². The van der Waals surface area contributed by atoms with Gasteiger partial charge < -0.3 is 20.2 Å². The molecule has 0 bridgehead atoms. The van der Waals surface area contributed by atoms with Crippen molar-refractivity contribution < 1.29 is 9.52 Å². The van der Waals surface area contributed by atoms with Crippen molar-refractivity contribution in [2.45, 2.75) is 19.6 Å². The van der Waals surface area contributed by atoms with Gasteiger partial charge in [0.1, 0.15) is 12.0 Å². The molecule has 1 atom stereocenters. The average molecular weight is 561 g/mol. The maximum atomic E-state index is 10.4. The summed E-state index contributed by atoms with van der Waals surface area (Å²) >= 11 is 12.0. The van der Waals surface area contributed by atoms with Gasteiger partial charge in [0.2, 0.25) is 5.89 Å². The highest BCUT2D eigenvalue weighted by atomic mass is 127. The number of halogens is 3. The smallest absolute Gasteiger partial charge is 0.226 e. The first-order chi connectivity index (χ1) is 14.0. The summed E-state index contributed by atoms with van der Waals surface area (Å²) in [5, 5.41) is 17.6. The van der Waals surface area contributed by atoms with E-state index in [1.807, 2.05) is 37.3 Å². The Kier molecular flexibility index (Phi) is 9.90. The molecule has 3 aromatic rings. The Labute approximate surface area is 202 Å². The summed E-state index contributed by atoms with van der Waals surface area (Å²) in [5.41, 5.74) is 2.26. The Morgan fingerprint density at radius 2 is 1.83 bits per heavy atom. The summed E-state index contributed by atoms with van der Waals surface area (Å²) in [5.74, 6) is 1.12. The zero-order valence-electron chi connectivity index (χ0n) is 16.3. The topological polar surface area (TPSA) is 82.7 Å². The van der Waals surface area contributed by atoms with E-state index in [9.17, 15) is 5.11 Å². The number of hydrogen-bond acceptors (Lipinski definition) is 4. The van der Waals surface area contributed by atoms with E-state index in [-0.39, 0.29) is 30.5 Å². The largest absolute Gasteiger partial charge is 0.444 e. The van der Waals surface area contributed by atoms with E-state index in [2.05, 4.69) is 20.6 Å². The predicted octanol–water partition coefficient (Wildman–Crippen LogP) is 5.06. The fourth-order valence-corrected chi connectivity index (χ4v) is 3.22. The van der Waals surface area contributed by atoms with Gasteiger partial charge in [-0.1, -0.05) is 41.4 Å². The molecule has 1 heterocycles. The highest BCUT2D eigenvalue weighted by molar-refractivity contribution is 14.0. The molecular formula is C21H23Cl2IN4O2. The summed E-state index contributed by atoms with van der Waals surface area (Å²) < 4.78 is 5.54. The average Bonchev–Trinajstić information content (AvgIpc) is 3.19. The van der Waals surface area contributed by atoms with Crippen molar-refractivity contribution in [2.75, 3.05) is 13.1 Å². The molecule has 0 fully saturated rings. The lowest BCUT2D eigenvalue weighted by Crippen LogP contribution is -2.39. The molecule has 0 spiro atoms. The minimum Gasteiger partial charge on any atom is -0.444 e. The van der Waals surface area contributed by atoms with E-state index in [1.54, 1.807) is 24.5 Å². The van der Waals surface area contributed by atoms with Crippen molar-refractivity contribution in [3.63, 3.8) is 0 Å². The quantitative estimate of drug-likeness (QED) is 0.214. The second-order valence-corrected chi connectivity index (χ2v) is 7.18. The molecule has 2 aromatic carbocycles. The molecule has 0 aliphatic carbocycles. The number of aliphatic hydroxyl groups excluding tert-OH is 1. The van der Waals surface area contributed by atoms with E-state index in [4.69, 9.17) is 27.6 Å². The number of nitrogens with one attached hydrogen (secondary N) is 2. The number of nitrogens with zero attached hydrogens (tertiary/aromatic N) is 2. The Morgan fingerprint density at radius 3 is 2.50 bits per heavy atom. The van der Waals surface area contributed by atoms with E-state index in [0.717, 1.165) is 5.56 Å². The van der Waals surface area contributed by atoms with Crippen LogP contribution in [-0.4, -0.2) is 29.1 Å². The third kappa shape index (κ3) is 7.16. The molecule has 160 valence electrons. The highest BCUT2D eigenvalue weighted by Gasteiger charge is 2.11. The van der Waals surface area contributed by atoms with Gasteiger partial charge in [-0.3, -0.25) is 0 Å². The Balaban J connectivity index is 0.00000320. The number of benzene rings is 2. The maximum Gasteiger partial charge on any atom is 0.226 e. The molecule has 9 heteroatoms. The van der Waals surface area contributed by atoms with Gasteiger partial charge in [0.15, 0.2) is 5.96 Å². The van der Waals surface area contributed by atoms with Crippen LogP contribution in [-0.2, 0) is 6.54 Å². The van der Waals surface area contributed by atoms with Gasteiger partial charge in [-0.05, 0) is 42.8 Å². The summed E-state index contributed by atoms with van der Waals surface area (Å²) in [6, 6.07) is 14.7. The van der Waals surface area contributed by atoms with Crippen LogP contribution in [0.1, 0.15) is 24.3 Å². The zero-order chi connectivity index (χ0) is 20.6. The molecule has 0 radical (unpaired) electrons. The summed E-state index contributed by atoms with van der Waals surface area (Å²) in [4.78, 5) is 8.97. The Morgan fingerprint density at radius 1 is 1.13 bits per heavy atom. The van der Waals surface area contributed by atoms with Crippen molar-refractivity contribution in [3.8, 4) is 11.5 Å². The lowest BCUT2D eigenvalue weighted by Gasteiger charge is -2.16. The van der Waals surface area contributed by atoms with Crippen LogP contribution in [0.15, 0.2) is 64.2 Å². The zero-order valence-corrected chi connectivity index (χ0v) is 20.2. The first-order valence-corrected chi connectivity index (χ1v) is 9.97. The first-order valence-electron chi connectivity index (χ1n) is 9.21. The van der Waals surface area contributed by atoms with Crippen LogP contribution in [0.3, 0.4) is 0 Å². The number of guanidine groups is 1. The van der Waals surface area contributed by atoms with Crippen molar-refractivity contribution in [1.82, 2.24) is 15.6 Å². The number of rotatable bonds is 7. The molecule has 0 aliphatic heterocycles. The number of oxazole rings is 1. The van der Waals surface area contributed by atoms with E-state index < -0.39 is 6.10 Å². The van der Waals surface area contributed by atoms with Gasteiger partial charge in [-0.15, -0.1) is 24.0 Å². The van der Waals surface area contributed by atoms with Gasteiger partial charge in [0.05, 0.1) is 12.6 Å². The predicted molar refractivity (Wildman–Crippen MR) is 132 cm³/mol. The minimum atomic E-state index is -0.785. The fraction of sp³-hybridized carbons (Fsp3) is 0.238. The number of aliphatic hydroxyl groups is 1. The van der Waals surface area contributed by atoms with Crippen LogP contribution in [0, 0.1) is 0 Å². The molecule has 0 saturated heterocycles. The van der Waals surface area contributed by atoms with Crippen LogP contribution >= 0.6 is 47.2 Å². The van der Waals surface area contributed by atoms with E-state index in [1.165, 1.54) is 0 Å². The van der Waals surface area contributed by atoms with E-state index in [0.29, 0.717) is 46.2 Å². The van der Waals surface area contributed by atoms with Crippen LogP contribution in [0.25, 0.3) is 11.5 Å². The van der Waals surface area contributed by atoms with Crippen molar-refractivity contribution in [3.05, 3.63) is 76.1 Å². The SMILES string of the molecule is CCNC(=NCc1coc(-c2ccccc2)n1)NCC(O)c1cc(Cl)cc(Cl)c1.I. The van der Waals surface area contributed by atoms with Gasteiger partial charge >= 0.3 is 0 Å². The van der Waals surface area contributed by atoms with Gasteiger partial charge in [0, 0.05) is 28.7 Å². The lowest BCUT2D eigenvalue weighted by molar-refractivity contribution is 0.181. The molecule has 1 unspecified atom stereocenters. The van der Waals surface area contributed by atoms with Crippen molar-refractivity contribution in [1.29, 1.82) is 0 Å². The van der Waals surface area contributed by atoms with Crippen LogP contribution in [0.2, 0.25) is 10.0 Å². The van der Waals surface area contributed by atoms with Crippen LogP contribution in [0.5, 0.6) is 0 Å². The second-order valence-electron chi connectivity index (χ2n) is 6.30. The normalized spacial score (nSPS) is 12.2. The van der Waals surface area contributed by atoms with Gasteiger partial charge in [-0.25, -0.2) is 9.98 Å². The Bertz CT molecular complexity index is 946. The number of hydrogen-bond donors (Lipinski definition) is 3. The first kappa shape index (κ1) is 24.5. The monoisotopic (exact) mass is 560 g/mol. The maximum absolute atomic E-state index is 10.4. The standard InChI is InChI=1S/C21H22Cl2N4O2.HI/c1-2-24-21(26-12-19(28)15-8-16(22)10-17(23)9-15)25-11-18-13-29-20(27-18)14-6-4-3-5-7-14;/h3-10,13,19,28H,2,11-12H2,1H3,(H2,24,25,26);1H. The van der Waals surface area contributed by atoms with Gasteiger partial charge in [0.25, 0.3) is 0 Å². The molecule has 3 N–H and O–H groups in total. The number of aliphatic imine (C=N–C) groups is 1. The lowest BCUT2D eigenvalue weighted by atomic mass is 10.1. The molecule has 0 saturated carbocycles. The summed E-state index contributed by atoms with van der Waals surface area (Å²) in [7, 11) is 0. The fourth-order valence-electron chi connectivity index (χ4n) is 2.67. The highest BCUT2D eigenvalue weighted by Crippen LogP contribution is 2.23. The minimum absolute atomic E-state index is 0. The summed E-state index contributed by atoms with van der Waals surface area (Å²) in [6.45, 7) is 3.23. The van der Waals surface area contributed by atoms with Gasteiger partial charge in [-0.2, -0.15) is 0 Å². The van der Waals surface area contributed by atoms with Crippen molar-refractivity contribution in [2.24, 2.45) is 4.99 Å². The second kappa shape index (κ2) is 12.1. The van der Waals surface area contributed by atoms with E-state index >= 15 is 0 Å². The molecule has 6 nitrogen and oxygen atoms in total. The van der Waals surface area contributed by atoms with Crippen LogP contribution in [0.4, 0.5) is 0 Å². The molecule has 3 rings (SSSR count). The third-order valence-electron chi connectivity index (χ3n) is 4.05. The summed E-state index contributed by atoms with van der Waals surface area (Å²) in [6.07, 6.45) is 0.810.